The molecule has 2 aromatic carbocycles. The average Bonchev–Trinajstić information content (AvgIpc) is 2.71. The summed E-state index contributed by atoms with van der Waals surface area (Å²) in [7, 11) is 0. The number of nitrogen functional groups attached to an aromatic ring is 1. The first-order chi connectivity index (χ1) is 13.8. The number of benzene rings is 2. The molecule has 1 amide bonds. The largest absolute Gasteiger partial charge is 0.491 e. The number of allylic oxidation sites excluding steroid dienone is 1. The predicted molar refractivity (Wildman–Crippen MR) is 116 cm³/mol. The van der Waals surface area contributed by atoms with E-state index < -0.39 is 11.5 Å². The molecule has 0 radical (unpaired) electrons. The van der Waals surface area contributed by atoms with Gasteiger partial charge in [-0.1, -0.05) is 44.2 Å². The minimum atomic E-state index is -0.688. The van der Waals surface area contributed by atoms with Crippen LogP contribution in [-0.2, 0) is 4.79 Å². The predicted octanol–water partition coefficient (Wildman–Crippen LogP) is 3.67. The summed E-state index contributed by atoms with van der Waals surface area (Å²) in [5.74, 6) is 0.373. The molecule has 0 aliphatic heterocycles. The maximum absolute atomic E-state index is 12.0. The first-order valence-corrected chi connectivity index (χ1v) is 9.67. The molecule has 0 saturated carbocycles. The number of nitrogens with two attached hydrogens (primary N) is 1. The van der Waals surface area contributed by atoms with Crippen molar-refractivity contribution in [3.8, 4) is 5.75 Å². The minimum Gasteiger partial charge on any atom is -0.491 e. The molecule has 0 heterocycles. The van der Waals surface area contributed by atoms with Crippen LogP contribution in [0.3, 0.4) is 0 Å². The van der Waals surface area contributed by atoms with E-state index in [2.05, 4.69) is 5.32 Å². The highest BCUT2D eigenvalue weighted by atomic mass is 16.5. The number of rotatable bonds is 10. The van der Waals surface area contributed by atoms with Crippen molar-refractivity contribution in [1.29, 1.82) is 0 Å². The second-order valence-electron chi connectivity index (χ2n) is 7.55. The molecule has 0 saturated heterocycles. The molecule has 29 heavy (non-hydrogen) atoms. The molecule has 2 rings (SSSR count). The molecule has 156 valence electrons. The van der Waals surface area contributed by atoms with Gasteiger partial charge in [0.1, 0.15) is 12.4 Å². The van der Waals surface area contributed by atoms with E-state index in [1.54, 1.807) is 30.3 Å². The number of anilines is 2. The van der Waals surface area contributed by atoms with Gasteiger partial charge < -0.3 is 26.0 Å². The third kappa shape index (κ3) is 6.93. The standard InChI is InChI=1S/C23H30N2O4/c1-23(2,22(28)17-8-7-9-18(16-17)29-15-14-26)13-6-5-12-21(27)25-20-11-4-3-10-19(20)24/h3-5,7-12,16,22,26,28H,6,13-15,24H2,1-2H3,(H,25,27)/b12-5+/t22-/m1/s1. The Kier molecular flexibility index (Phi) is 8.24. The molecule has 6 heteroatoms. The number of carbonyl (C=O) groups is 1. The number of ether oxygens (including phenoxy) is 1. The normalized spacial score (nSPS) is 12.7. The second-order valence-corrected chi connectivity index (χ2v) is 7.55. The molecule has 2 aromatic rings. The van der Waals surface area contributed by atoms with Crippen LogP contribution in [-0.4, -0.2) is 29.3 Å². The Balaban J connectivity index is 1.89. The zero-order valence-corrected chi connectivity index (χ0v) is 17.0. The molecule has 0 spiro atoms. The van der Waals surface area contributed by atoms with Crippen LogP contribution in [0.15, 0.2) is 60.7 Å². The maximum atomic E-state index is 12.0. The smallest absolute Gasteiger partial charge is 0.248 e. The molecular weight excluding hydrogens is 368 g/mol. The Bertz CT molecular complexity index is 833. The summed E-state index contributed by atoms with van der Waals surface area (Å²) >= 11 is 0. The van der Waals surface area contributed by atoms with Gasteiger partial charge in [-0.05, 0) is 54.2 Å². The highest BCUT2D eigenvalue weighted by Gasteiger charge is 2.28. The number of aliphatic hydroxyl groups is 2. The second kappa shape index (κ2) is 10.6. The molecule has 0 fully saturated rings. The van der Waals surface area contributed by atoms with Crippen molar-refractivity contribution in [3.05, 3.63) is 66.2 Å². The lowest BCUT2D eigenvalue weighted by atomic mass is 9.79. The number of nitrogens with one attached hydrogen (secondary N) is 1. The summed E-state index contributed by atoms with van der Waals surface area (Å²) < 4.78 is 5.42. The van der Waals surface area contributed by atoms with E-state index in [4.69, 9.17) is 15.6 Å². The SMILES string of the molecule is CC(C)(CC/C=C/C(=O)Nc1ccccc1N)[C@H](O)c1cccc(OCCO)c1. The highest BCUT2D eigenvalue weighted by Crippen LogP contribution is 2.38. The fraction of sp³-hybridized carbons (Fsp3) is 0.348. The van der Waals surface area contributed by atoms with Crippen LogP contribution >= 0.6 is 0 Å². The zero-order chi connectivity index (χ0) is 21.3. The number of para-hydroxylation sites is 2. The van der Waals surface area contributed by atoms with Gasteiger partial charge in [0.2, 0.25) is 5.91 Å². The van der Waals surface area contributed by atoms with Crippen LogP contribution in [0, 0.1) is 5.41 Å². The van der Waals surface area contributed by atoms with Crippen LogP contribution in [0.1, 0.15) is 38.4 Å². The van der Waals surface area contributed by atoms with E-state index in [0.717, 1.165) is 5.56 Å². The van der Waals surface area contributed by atoms with Crippen LogP contribution in [0.5, 0.6) is 5.75 Å². The van der Waals surface area contributed by atoms with E-state index in [9.17, 15) is 9.90 Å². The molecule has 0 bridgehead atoms. The Hall–Kier alpha value is -2.83. The van der Waals surface area contributed by atoms with Gasteiger partial charge in [-0.3, -0.25) is 4.79 Å². The quantitative estimate of drug-likeness (QED) is 0.361. The van der Waals surface area contributed by atoms with Crippen LogP contribution in [0.2, 0.25) is 0 Å². The Morgan fingerprint density at radius 1 is 1.24 bits per heavy atom. The molecule has 0 unspecified atom stereocenters. The number of carbonyl (C=O) groups excluding carboxylic acids is 1. The number of hydrogen-bond donors (Lipinski definition) is 4. The molecular formula is C23H30N2O4. The number of amides is 1. The molecule has 5 N–H and O–H groups in total. The van der Waals surface area contributed by atoms with Crippen LogP contribution in [0.4, 0.5) is 11.4 Å². The van der Waals surface area contributed by atoms with Crippen molar-refractivity contribution < 1.29 is 19.7 Å². The first kappa shape index (κ1) is 22.5. The van der Waals surface area contributed by atoms with Crippen molar-refractivity contribution in [1.82, 2.24) is 0 Å². The average molecular weight is 399 g/mol. The monoisotopic (exact) mass is 398 g/mol. The summed E-state index contributed by atoms with van der Waals surface area (Å²) in [6, 6.07) is 14.3. The van der Waals surface area contributed by atoms with E-state index in [1.165, 1.54) is 6.08 Å². The first-order valence-electron chi connectivity index (χ1n) is 9.67. The minimum absolute atomic E-state index is 0.0605. The highest BCUT2D eigenvalue weighted by molar-refractivity contribution is 6.01. The van der Waals surface area contributed by atoms with Gasteiger partial charge in [0, 0.05) is 0 Å². The van der Waals surface area contributed by atoms with Gasteiger partial charge in [-0.2, -0.15) is 0 Å². The molecule has 0 aromatic heterocycles. The molecule has 0 aliphatic carbocycles. The van der Waals surface area contributed by atoms with Gasteiger partial charge in [-0.15, -0.1) is 0 Å². The van der Waals surface area contributed by atoms with Crippen molar-refractivity contribution in [3.63, 3.8) is 0 Å². The Labute approximate surface area is 172 Å². The lowest BCUT2D eigenvalue weighted by molar-refractivity contribution is -0.111. The molecule has 0 aliphatic rings. The van der Waals surface area contributed by atoms with Crippen molar-refractivity contribution in [2.75, 3.05) is 24.3 Å². The lowest BCUT2D eigenvalue weighted by Crippen LogP contribution is -2.22. The number of hydrogen-bond acceptors (Lipinski definition) is 5. The van der Waals surface area contributed by atoms with Crippen molar-refractivity contribution in [2.45, 2.75) is 32.8 Å². The Morgan fingerprint density at radius 2 is 2.00 bits per heavy atom. The maximum Gasteiger partial charge on any atom is 0.248 e. The van der Waals surface area contributed by atoms with Gasteiger partial charge in [0.25, 0.3) is 0 Å². The van der Waals surface area contributed by atoms with Gasteiger partial charge in [0.15, 0.2) is 0 Å². The summed E-state index contributed by atoms with van der Waals surface area (Å²) in [6.07, 6.45) is 3.92. The van der Waals surface area contributed by atoms with E-state index in [-0.39, 0.29) is 19.1 Å². The van der Waals surface area contributed by atoms with Crippen molar-refractivity contribution in [2.24, 2.45) is 5.41 Å². The summed E-state index contributed by atoms with van der Waals surface area (Å²) in [6.45, 7) is 4.12. The lowest BCUT2D eigenvalue weighted by Gasteiger charge is -2.30. The molecule has 6 nitrogen and oxygen atoms in total. The van der Waals surface area contributed by atoms with Gasteiger partial charge >= 0.3 is 0 Å². The summed E-state index contributed by atoms with van der Waals surface area (Å²) in [5.41, 5.74) is 7.27. The summed E-state index contributed by atoms with van der Waals surface area (Å²) in [5, 5.41) is 22.4. The third-order valence-corrected chi connectivity index (χ3v) is 4.72. The van der Waals surface area contributed by atoms with E-state index >= 15 is 0 Å². The third-order valence-electron chi connectivity index (χ3n) is 4.72. The van der Waals surface area contributed by atoms with Gasteiger partial charge in [-0.25, -0.2) is 0 Å². The fourth-order valence-electron chi connectivity index (χ4n) is 2.96. The van der Waals surface area contributed by atoms with Crippen molar-refractivity contribution >= 4 is 17.3 Å². The van der Waals surface area contributed by atoms with E-state index in [1.807, 2.05) is 38.1 Å². The number of aliphatic hydroxyl groups excluding tert-OH is 2. The van der Waals surface area contributed by atoms with E-state index in [0.29, 0.717) is 30.0 Å². The summed E-state index contributed by atoms with van der Waals surface area (Å²) in [4.78, 5) is 12.0. The van der Waals surface area contributed by atoms with Crippen LogP contribution in [0.25, 0.3) is 0 Å². The molecule has 1 atom stereocenters. The zero-order valence-electron chi connectivity index (χ0n) is 17.0. The Morgan fingerprint density at radius 3 is 2.72 bits per heavy atom. The van der Waals surface area contributed by atoms with Crippen LogP contribution < -0.4 is 15.8 Å². The van der Waals surface area contributed by atoms with Gasteiger partial charge in [0.05, 0.1) is 24.1 Å². The topological polar surface area (TPSA) is 105 Å². The fourth-order valence-corrected chi connectivity index (χ4v) is 2.96.